The van der Waals surface area contributed by atoms with Crippen molar-refractivity contribution in [2.45, 2.75) is 70.2 Å². The van der Waals surface area contributed by atoms with Gasteiger partial charge in [0.2, 0.25) is 34.7 Å². The van der Waals surface area contributed by atoms with Crippen LogP contribution in [0.1, 0.15) is 112 Å². The van der Waals surface area contributed by atoms with Gasteiger partial charge >= 0.3 is 6.09 Å². The maximum atomic E-state index is 13.5. The van der Waals surface area contributed by atoms with Crippen molar-refractivity contribution in [2.24, 2.45) is 0 Å². The van der Waals surface area contributed by atoms with Crippen molar-refractivity contribution < 1.29 is 43.3 Å². The molecule has 0 radical (unpaired) electrons. The number of hydrogen-bond donors (Lipinski definition) is 3. The van der Waals surface area contributed by atoms with Gasteiger partial charge in [-0.3, -0.25) is 24.0 Å². The van der Waals surface area contributed by atoms with Gasteiger partial charge in [0.15, 0.2) is 5.54 Å². The van der Waals surface area contributed by atoms with Gasteiger partial charge in [-0.25, -0.2) is 4.79 Å². The first kappa shape index (κ1) is 38.6. The van der Waals surface area contributed by atoms with Gasteiger partial charge in [-0.2, -0.15) is 0 Å². The highest BCUT2D eigenvalue weighted by Crippen LogP contribution is 2.58. The number of ether oxygens (including phenoxy) is 2. The van der Waals surface area contributed by atoms with E-state index >= 15 is 0 Å². The molecule has 1 heterocycles. The van der Waals surface area contributed by atoms with E-state index in [4.69, 9.17) is 9.47 Å². The van der Waals surface area contributed by atoms with Crippen LogP contribution in [0.4, 0.5) is 4.79 Å². The molecule has 7 rings (SSSR count). The van der Waals surface area contributed by atoms with Crippen molar-refractivity contribution in [3.05, 3.63) is 129 Å². The smallest absolute Gasteiger partial charge is 0.414 e. The predicted molar refractivity (Wildman–Crippen MR) is 202 cm³/mol. The number of Topliss-reactive ketones (excluding diaryl/α,β-unsaturated/α-hetero) is 3. The molecule has 2 aliphatic carbocycles. The van der Waals surface area contributed by atoms with Crippen LogP contribution in [0.5, 0.6) is 11.5 Å². The number of rotatable bonds is 6. The van der Waals surface area contributed by atoms with Crippen LogP contribution in [0.3, 0.4) is 0 Å². The molecule has 3 aliphatic rings. The van der Waals surface area contributed by atoms with Crippen LogP contribution in [0.2, 0.25) is 0 Å². The number of hydrogen-bond acceptors (Lipinski definition) is 9. The van der Waals surface area contributed by atoms with Crippen LogP contribution in [-0.2, 0) is 26.5 Å². The maximum absolute atomic E-state index is 13.5. The average molecular weight is 746 g/mol. The lowest BCUT2D eigenvalue weighted by Crippen LogP contribution is -2.59. The summed E-state index contributed by atoms with van der Waals surface area (Å²) in [5, 5.41) is 16.7. The highest BCUT2D eigenvalue weighted by atomic mass is 16.6. The summed E-state index contributed by atoms with van der Waals surface area (Å²) in [4.78, 5) is 77.8. The van der Waals surface area contributed by atoms with Gasteiger partial charge in [-0.15, -0.1) is 0 Å². The quantitative estimate of drug-likeness (QED) is 0.205. The van der Waals surface area contributed by atoms with E-state index in [1.807, 2.05) is 26.0 Å². The first-order valence-electron chi connectivity index (χ1n) is 17.9. The zero-order valence-corrected chi connectivity index (χ0v) is 31.9. The molecule has 4 aromatic rings. The molecule has 12 nitrogen and oxygen atoms in total. The molecule has 2 unspecified atom stereocenters. The van der Waals surface area contributed by atoms with E-state index in [0.717, 1.165) is 11.1 Å². The van der Waals surface area contributed by atoms with Gasteiger partial charge in [0.05, 0.1) is 0 Å². The largest absolute Gasteiger partial charge is 0.454 e. The van der Waals surface area contributed by atoms with E-state index in [2.05, 4.69) is 24.5 Å². The molecular weight excluding hydrogens is 702 g/mol. The van der Waals surface area contributed by atoms with E-state index in [9.17, 15) is 33.9 Å². The summed E-state index contributed by atoms with van der Waals surface area (Å²) < 4.78 is 11.5. The lowest BCUT2D eigenvalue weighted by molar-refractivity contribution is -0.175. The minimum atomic E-state index is -1.99. The number of nitrogens with zero attached hydrogens (tertiary/aromatic N) is 1. The van der Waals surface area contributed by atoms with Gasteiger partial charge in [-0.05, 0) is 35.1 Å². The Labute approximate surface area is 318 Å². The fourth-order valence-electron chi connectivity index (χ4n) is 7.45. The van der Waals surface area contributed by atoms with Crippen molar-refractivity contribution in [3.8, 4) is 11.5 Å². The minimum Gasteiger partial charge on any atom is -0.454 e. The molecule has 0 spiro atoms. The van der Waals surface area contributed by atoms with Crippen molar-refractivity contribution >= 4 is 35.3 Å². The Morgan fingerprint density at radius 3 is 1.71 bits per heavy atom. The van der Waals surface area contributed by atoms with Crippen LogP contribution in [-0.4, -0.2) is 59.4 Å². The molecule has 0 saturated carbocycles. The fraction of sp³-hybridized carbons (Fsp3) is 0.302. The average Bonchev–Trinajstić information content (AvgIpc) is 3.59. The van der Waals surface area contributed by atoms with Crippen LogP contribution >= 0.6 is 0 Å². The molecule has 0 fully saturated rings. The Balaban J connectivity index is 0.000000190. The standard InChI is InChI=1S/C23H24N2O5.C20H19NO4/c1-13(2)15-10-11-18(19(12-15)30-22(29)25(4)5)23(24-14(3)26)20(27)16-8-6-7-9-17(16)21(23)28;1-11(2)13-8-9-16-17(10-13)25-20(24)15-7-5-4-6-14(15)18(23)19(16,20)21-12(3)22/h6-13H,1-5H3,(H,24,26);4-11,24H,1-3H3,(H,21,22). The maximum Gasteiger partial charge on any atom is 0.414 e. The Hall–Kier alpha value is -6.14. The van der Waals surface area contributed by atoms with E-state index in [0.29, 0.717) is 22.4 Å². The SMILES string of the molecule is CC(=O)NC1(c2ccc(C(C)C)cc2OC(=O)N(C)C)C(=O)c2ccccc2C1=O.CC(=O)NC12C(=O)c3ccccc3C1(O)Oc1cc(C(C)C)ccc12. The molecule has 12 heteroatoms. The summed E-state index contributed by atoms with van der Waals surface area (Å²) >= 11 is 0. The molecular formula is C43H43N3O9. The first-order valence-corrected chi connectivity index (χ1v) is 17.9. The fourth-order valence-corrected chi connectivity index (χ4v) is 7.45. The number of nitrogens with one attached hydrogen (secondary N) is 2. The van der Waals surface area contributed by atoms with Crippen molar-refractivity contribution in [1.82, 2.24) is 15.5 Å². The number of carbonyl (C=O) groups excluding carboxylic acids is 6. The topological polar surface area (TPSA) is 168 Å². The summed E-state index contributed by atoms with van der Waals surface area (Å²) in [5.74, 6) is -3.54. The normalized spacial score (nSPS) is 19.7. The summed E-state index contributed by atoms with van der Waals surface area (Å²) in [5.41, 5.74) is 0.00546. The third-order valence-corrected chi connectivity index (χ3v) is 10.2. The molecule has 3 N–H and O–H groups in total. The van der Waals surface area contributed by atoms with E-state index in [1.165, 1.54) is 32.8 Å². The van der Waals surface area contributed by atoms with Gasteiger partial charge < -0.3 is 30.1 Å². The number of benzene rings is 4. The monoisotopic (exact) mass is 745 g/mol. The molecule has 284 valence electrons. The second-order valence-corrected chi connectivity index (χ2v) is 14.8. The first-order chi connectivity index (χ1) is 25.9. The van der Waals surface area contributed by atoms with Crippen molar-refractivity contribution in [2.75, 3.05) is 14.1 Å². The minimum absolute atomic E-state index is 0.0585. The summed E-state index contributed by atoms with van der Waals surface area (Å²) in [7, 11) is 3.05. The number of amides is 3. The lowest BCUT2D eigenvalue weighted by atomic mass is 9.82. The number of fused-ring (bicyclic) bond motifs is 6. The zero-order valence-electron chi connectivity index (χ0n) is 31.9. The molecule has 0 bridgehead atoms. The molecule has 0 aromatic heterocycles. The number of ketones is 3. The van der Waals surface area contributed by atoms with Crippen molar-refractivity contribution in [1.29, 1.82) is 0 Å². The third kappa shape index (κ3) is 5.97. The van der Waals surface area contributed by atoms with Crippen LogP contribution in [0.15, 0.2) is 84.9 Å². The molecule has 1 aliphatic heterocycles. The summed E-state index contributed by atoms with van der Waals surface area (Å²) in [6.07, 6.45) is -0.662. The molecule has 2 atom stereocenters. The van der Waals surface area contributed by atoms with Gasteiger partial charge in [0.1, 0.15) is 11.5 Å². The van der Waals surface area contributed by atoms with Crippen LogP contribution in [0.25, 0.3) is 0 Å². The zero-order chi connectivity index (χ0) is 40.2. The Morgan fingerprint density at radius 1 is 0.673 bits per heavy atom. The number of aliphatic hydroxyl groups is 1. The van der Waals surface area contributed by atoms with Gasteiger partial charge in [0, 0.05) is 61.3 Å². The van der Waals surface area contributed by atoms with Crippen LogP contribution < -0.4 is 20.1 Å². The van der Waals surface area contributed by atoms with E-state index in [1.54, 1.807) is 72.8 Å². The second-order valence-electron chi connectivity index (χ2n) is 14.8. The molecule has 3 amide bonds. The summed E-state index contributed by atoms with van der Waals surface area (Å²) in [6.45, 7) is 10.6. The Morgan fingerprint density at radius 2 is 1.18 bits per heavy atom. The second kappa shape index (κ2) is 13.9. The van der Waals surface area contributed by atoms with Gasteiger partial charge in [-0.1, -0.05) is 100 Å². The Kier molecular flexibility index (Phi) is 9.77. The highest BCUT2D eigenvalue weighted by Gasteiger charge is 2.71. The summed E-state index contributed by atoms with van der Waals surface area (Å²) in [6, 6.07) is 23.6. The predicted octanol–water partition coefficient (Wildman–Crippen LogP) is 5.86. The molecule has 0 saturated heterocycles. The van der Waals surface area contributed by atoms with E-state index in [-0.39, 0.29) is 40.1 Å². The van der Waals surface area contributed by atoms with Crippen molar-refractivity contribution in [3.63, 3.8) is 0 Å². The molecule has 4 aromatic carbocycles. The molecule has 55 heavy (non-hydrogen) atoms. The Bertz CT molecular complexity index is 2260. The number of carbonyl (C=O) groups is 6. The van der Waals surface area contributed by atoms with Gasteiger partial charge in [0.25, 0.3) is 5.79 Å². The van der Waals surface area contributed by atoms with Crippen LogP contribution in [0, 0.1) is 0 Å². The lowest BCUT2D eigenvalue weighted by Gasteiger charge is -2.34. The third-order valence-electron chi connectivity index (χ3n) is 10.2. The van der Waals surface area contributed by atoms with E-state index < -0.39 is 46.3 Å². The highest BCUT2D eigenvalue weighted by molar-refractivity contribution is 6.34.